The van der Waals surface area contributed by atoms with Gasteiger partial charge in [0.15, 0.2) is 0 Å². The minimum atomic E-state index is -0.837. The van der Waals surface area contributed by atoms with Crippen LogP contribution in [-0.4, -0.2) is 15.6 Å². The zero-order valence-corrected chi connectivity index (χ0v) is 16.8. The van der Waals surface area contributed by atoms with Gasteiger partial charge in [0, 0.05) is 33.7 Å². The van der Waals surface area contributed by atoms with Gasteiger partial charge in [0.1, 0.15) is 11.5 Å². The number of aliphatic carboxylic acids is 1. The highest BCUT2D eigenvalue weighted by Crippen LogP contribution is 2.29. The van der Waals surface area contributed by atoms with Crippen LogP contribution >= 0.6 is 23.2 Å². The van der Waals surface area contributed by atoms with Gasteiger partial charge in [0.2, 0.25) is 0 Å². The van der Waals surface area contributed by atoms with Crippen LogP contribution in [0.1, 0.15) is 11.1 Å². The largest absolute Gasteiger partial charge is 0.481 e. The summed E-state index contributed by atoms with van der Waals surface area (Å²) in [5.41, 5.74) is 2.90. The zero-order chi connectivity index (χ0) is 20.4. The van der Waals surface area contributed by atoms with Crippen LogP contribution in [0.4, 0.5) is 0 Å². The normalized spacial score (nSPS) is 11.0. The van der Waals surface area contributed by atoms with E-state index >= 15 is 0 Å². The third kappa shape index (κ3) is 4.56. The maximum atomic E-state index is 11.2. The van der Waals surface area contributed by atoms with E-state index in [2.05, 4.69) is 4.57 Å². The molecule has 0 fully saturated rings. The molecular weight excluding hydrogens is 409 g/mol. The molecule has 0 unspecified atom stereocenters. The first kappa shape index (κ1) is 19.4. The monoisotopic (exact) mass is 425 g/mol. The van der Waals surface area contributed by atoms with Crippen LogP contribution in [0.3, 0.4) is 0 Å². The number of aromatic nitrogens is 1. The number of carboxylic acids is 1. The van der Waals surface area contributed by atoms with Gasteiger partial charge in [-0.2, -0.15) is 0 Å². The van der Waals surface area contributed by atoms with E-state index in [1.807, 2.05) is 54.7 Å². The van der Waals surface area contributed by atoms with Gasteiger partial charge in [-0.25, -0.2) is 0 Å². The predicted molar refractivity (Wildman–Crippen MR) is 115 cm³/mol. The maximum Gasteiger partial charge on any atom is 0.307 e. The van der Waals surface area contributed by atoms with Gasteiger partial charge in [-0.1, -0.05) is 53.5 Å². The van der Waals surface area contributed by atoms with E-state index in [1.165, 1.54) is 0 Å². The van der Waals surface area contributed by atoms with Crippen LogP contribution in [-0.2, 0) is 17.8 Å². The van der Waals surface area contributed by atoms with E-state index in [4.69, 9.17) is 27.9 Å². The lowest BCUT2D eigenvalue weighted by atomic mass is 10.1. The molecule has 146 valence electrons. The van der Waals surface area contributed by atoms with Crippen molar-refractivity contribution in [1.29, 1.82) is 0 Å². The van der Waals surface area contributed by atoms with Gasteiger partial charge < -0.3 is 14.4 Å². The SMILES string of the molecule is O=C(O)Cc1cn(Cc2ccc(Oc3cc(Cl)cc(Cl)c3)cc2)c2ccccc12. The Morgan fingerprint density at radius 1 is 0.931 bits per heavy atom. The van der Waals surface area contributed by atoms with E-state index in [9.17, 15) is 9.90 Å². The zero-order valence-electron chi connectivity index (χ0n) is 15.3. The summed E-state index contributed by atoms with van der Waals surface area (Å²) in [6.45, 7) is 0.628. The molecule has 0 bridgehead atoms. The van der Waals surface area contributed by atoms with E-state index < -0.39 is 5.97 Å². The van der Waals surface area contributed by atoms with Crippen LogP contribution in [0.25, 0.3) is 10.9 Å². The second-order valence-electron chi connectivity index (χ2n) is 6.72. The quantitative estimate of drug-likeness (QED) is 0.387. The number of rotatable bonds is 6. The molecule has 0 amide bonds. The second kappa shape index (κ2) is 8.19. The number of para-hydroxylation sites is 1. The predicted octanol–water partition coefficient (Wildman–Crippen LogP) is 6.42. The van der Waals surface area contributed by atoms with Gasteiger partial charge in [-0.15, -0.1) is 0 Å². The molecule has 1 aromatic heterocycles. The molecule has 4 aromatic rings. The Labute approximate surface area is 177 Å². The van der Waals surface area contributed by atoms with Gasteiger partial charge in [0.05, 0.1) is 6.42 Å². The maximum absolute atomic E-state index is 11.2. The Hall–Kier alpha value is -2.95. The number of benzene rings is 3. The molecule has 6 heteroatoms. The average Bonchev–Trinajstić information content (AvgIpc) is 2.99. The Morgan fingerprint density at radius 3 is 2.31 bits per heavy atom. The summed E-state index contributed by atoms with van der Waals surface area (Å²) in [5, 5.41) is 11.2. The van der Waals surface area contributed by atoms with Crippen molar-refractivity contribution < 1.29 is 14.6 Å². The van der Waals surface area contributed by atoms with E-state index in [-0.39, 0.29) is 6.42 Å². The molecule has 29 heavy (non-hydrogen) atoms. The van der Waals surface area contributed by atoms with Crippen molar-refractivity contribution in [2.24, 2.45) is 0 Å². The summed E-state index contributed by atoms with van der Waals surface area (Å²) >= 11 is 12.0. The molecule has 0 aliphatic rings. The Kier molecular flexibility index (Phi) is 5.47. The topological polar surface area (TPSA) is 51.5 Å². The van der Waals surface area contributed by atoms with Crippen LogP contribution in [0.15, 0.2) is 72.9 Å². The Bertz CT molecular complexity index is 1160. The fourth-order valence-electron chi connectivity index (χ4n) is 3.34. The van der Waals surface area contributed by atoms with E-state index in [0.717, 1.165) is 22.0 Å². The average molecular weight is 426 g/mol. The van der Waals surface area contributed by atoms with Crippen molar-refractivity contribution in [3.8, 4) is 11.5 Å². The van der Waals surface area contributed by atoms with Crippen LogP contribution in [0.2, 0.25) is 10.0 Å². The number of nitrogens with zero attached hydrogens (tertiary/aromatic N) is 1. The molecule has 3 aromatic carbocycles. The molecule has 0 saturated carbocycles. The molecule has 0 aliphatic carbocycles. The lowest BCUT2D eigenvalue weighted by molar-refractivity contribution is -0.136. The lowest BCUT2D eigenvalue weighted by Crippen LogP contribution is -2.00. The van der Waals surface area contributed by atoms with Gasteiger partial charge >= 0.3 is 5.97 Å². The lowest BCUT2D eigenvalue weighted by Gasteiger charge is -2.09. The molecule has 0 saturated heterocycles. The number of ether oxygens (including phenoxy) is 1. The molecule has 0 spiro atoms. The van der Waals surface area contributed by atoms with Gasteiger partial charge in [-0.3, -0.25) is 4.79 Å². The Morgan fingerprint density at radius 2 is 1.62 bits per heavy atom. The highest BCUT2D eigenvalue weighted by molar-refractivity contribution is 6.34. The van der Waals surface area contributed by atoms with Crippen molar-refractivity contribution in [3.05, 3.63) is 94.1 Å². The van der Waals surface area contributed by atoms with Crippen LogP contribution in [0, 0.1) is 0 Å². The summed E-state index contributed by atoms with van der Waals surface area (Å²) in [6.07, 6.45) is 1.92. The molecule has 0 aliphatic heterocycles. The highest BCUT2D eigenvalue weighted by atomic mass is 35.5. The van der Waals surface area contributed by atoms with Crippen LogP contribution in [0.5, 0.6) is 11.5 Å². The number of hydrogen-bond donors (Lipinski definition) is 1. The van der Waals surface area contributed by atoms with Crippen molar-refractivity contribution in [3.63, 3.8) is 0 Å². The van der Waals surface area contributed by atoms with Crippen molar-refractivity contribution in [2.45, 2.75) is 13.0 Å². The van der Waals surface area contributed by atoms with E-state index in [1.54, 1.807) is 18.2 Å². The minimum absolute atomic E-state index is 0.00247. The standard InChI is InChI=1S/C23H17Cl2NO3/c24-17-10-18(25)12-20(11-17)29-19-7-5-15(6-8-19)13-26-14-16(9-23(27)28)21-3-1-2-4-22(21)26/h1-8,10-12,14H,9,13H2,(H,27,28). The smallest absolute Gasteiger partial charge is 0.307 e. The summed E-state index contributed by atoms with van der Waals surface area (Å²) in [7, 11) is 0. The van der Waals surface area contributed by atoms with Crippen LogP contribution < -0.4 is 4.74 Å². The molecule has 1 N–H and O–H groups in total. The summed E-state index contributed by atoms with van der Waals surface area (Å²) in [5.74, 6) is 0.413. The van der Waals surface area contributed by atoms with Gasteiger partial charge in [0.25, 0.3) is 0 Å². The van der Waals surface area contributed by atoms with Crippen molar-refractivity contribution >= 4 is 40.1 Å². The molecule has 0 radical (unpaired) electrons. The highest BCUT2D eigenvalue weighted by Gasteiger charge is 2.11. The van der Waals surface area contributed by atoms with Crippen molar-refractivity contribution in [1.82, 2.24) is 4.57 Å². The number of carbonyl (C=O) groups is 1. The number of carboxylic acid groups (broad SMARTS) is 1. The molecular formula is C23H17Cl2NO3. The summed E-state index contributed by atoms with van der Waals surface area (Å²) in [4.78, 5) is 11.2. The first-order chi connectivity index (χ1) is 14.0. The fraction of sp³-hybridized carbons (Fsp3) is 0.0870. The third-order valence-electron chi connectivity index (χ3n) is 4.56. The Balaban J connectivity index is 1.55. The number of fused-ring (bicyclic) bond motifs is 1. The fourth-order valence-corrected chi connectivity index (χ4v) is 3.85. The third-order valence-corrected chi connectivity index (χ3v) is 5.00. The summed E-state index contributed by atoms with van der Waals surface area (Å²) in [6, 6.07) is 20.6. The molecule has 4 nitrogen and oxygen atoms in total. The summed E-state index contributed by atoms with van der Waals surface area (Å²) < 4.78 is 7.89. The minimum Gasteiger partial charge on any atom is -0.481 e. The number of hydrogen-bond acceptors (Lipinski definition) is 2. The first-order valence-electron chi connectivity index (χ1n) is 8.99. The first-order valence-corrected chi connectivity index (χ1v) is 9.75. The molecule has 0 atom stereocenters. The molecule has 4 rings (SSSR count). The van der Waals surface area contributed by atoms with Gasteiger partial charge in [-0.05, 0) is 47.5 Å². The second-order valence-corrected chi connectivity index (χ2v) is 7.59. The molecule has 1 heterocycles. The number of halogens is 2. The van der Waals surface area contributed by atoms with E-state index in [0.29, 0.717) is 28.1 Å². The van der Waals surface area contributed by atoms with Crippen molar-refractivity contribution in [2.75, 3.05) is 0 Å².